The predicted molar refractivity (Wildman–Crippen MR) is 96.5 cm³/mol. The van der Waals surface area contributed by atoms with Crippen LogP contribution in [0.4, 0.5) is 0 Å². The summed E-state index contributed by atoms with van der Waals surface area (Å²) in [5.41, 5.74) is 2.13. The van der Waals surface area contributed by atoms with Gasteiger partial charge in [0.05, 0.1) is 12.2 Å². The third-order valence-electron chi connectivity index (χ3n) is 3.21. The van der Waals surface area contributed by atoms with Crippen LogP contribution in [-0.4, -0.2) is 19.0 Å². The molecule has 150 valence electrons. The average Bonchev–Trinajstić information content (AvgIpc) is 2.67. The van der Waals surface area contributed by atoms with E-state index in [1.54, 1.807) is 0 Å². The highest BCUT2D eigenvalue weighted by molar-refractivity contribution is 6.05. The van der Waals surface area contributed by atoms with E-state index in [0.29, 0.717) is 13.2 Å². The van der Waals surface area contributed by atoms with Gasteiger partial charge >= 0.3 is 5.78 Å². The van der Waals surface area contributed by atoms with Crippen LogP contribution in [0.3, 0.4) is 0 Å². The Labute approximate surface area is 167 Å². The summed E-state index contributed by atoms with van der Waals surface area (Å²) in [6.07, 6.45) is 5.91. The van der Waals surface area contributed by atoms with Crippen molar-refractivity contribution in [1.82, 2.24) is 0 Å². The van der Waals surface area contributed by atoms with E-state index >= 15 is 0 Å². The lowest BCUT2D eigenvalue weighted by Gasteiger charge is -2.17. The zero-order chi connectivity index (χ0) is 20.8. The fourth-order valence-electron chi connectivity index (χ4n) is 2.19. The van der Waals surface area contributed by atoms with Gasteiger partial charge in [0, 0.05) is 18.6 Å². The summed E-state index contributed by atoms with van der Waals surface area (Å²) < 4.78 is 45.4. The largest absolute Gasteiger partial charge is 0.493 e. The molecule has 0 atom stereocenters. The minimum atomic E-state index is -4.94. The quantitative estimate of drug-likeness (QED) is 0.216. The van der Waals surface area contributed by atoms with Crippen LogP contribution in [0.25, 0.3) is 5.76 Å². The Balaban J connectivity index is 0.000000696. The molecule has 0 aliphatic carbocycles. The molecule has 2 rings (SSSR count). The number of hydrogen-bond acceptors (Lipinski definition) is 5. The van der Waals surface area contributed by atoms with Crippen molar-refractivity contribution < 1.29 is 38.0 Å². The molecule has 0 amide bonds. The van der Waals surface area contributed by atoms with Gasteiger partial charge in [-0.3, -0.25) is 4.42 Å². The van der Waals surface area contributed by atoms with Crippen LogP contribution in [0.15, 0.2) is 78.9 Å². The van der Waals surface area contributed by atoms with Crippen LogP contribution in [0.1, 0.15) is 29.4 Å². The smallest absolute Gasteiger partial charge is 0.350 e. The SMILES string of the molecule is CCO/C(=C\C=C\C(=[O+]CC)c1ccccc1)c1ccccc1.[O-][Cl+3]([O-])([O-])[O-]. The van der Waals surface area contributed by atoms with Crippen LogP contribution < -0.4 is 18.6 Å². The van der Waals surface area contributed by atoms with Crippen molar-refractivity contribution in [3.05, 3.63) is 90.0 Å². The van der Waals surface area contributed by atoms with E-state index in [9.17, 15) is 0 Å². The van der Waals surface area contributed by atoms with Gasteiger partial charge in [-0.15, -0.1) is 10.2 Å². The zero-order valence-electron chi connectivity index (χ0n) is 15.7. The average molecular weight is 407 g/mol. The molecule has 0 bridgehead atoms. The topological polar surface area (TPSA) is 113 Å². The standard InChI is InChI=1S/C21H23O2.ClHO4/c1-3-22-20(18-12-7-5-8-13-18)16-11-17-21(23-4-2)19-14-9-6-10-15-19;2-1(3,4)5/h5-17H,3-4H2,1-2H3;(H,2,3,4,5)/q+1;/p-1/b16-11+,21-17-;. The highest BCUT2D eigenvalue weighted by atomic mass is 35.7. The fourth-order valence-corrected chi connectivity index (χ4v) is 2.19. The molecule has 0 aliphatic rings. The second kappa shape index (κ2) is 12.8. The molecule has 0 radical (unpaired) electrons. The van der Waals surface area contributed by atoms with Crippen molar-refractivity contribution in [3.8, 4) is 0 Å². The molecule has 0 fully saturated rings. The highest BCUT2D eigenvalue weighted by Gasteiger charge is 2.09. The minimum absolute atomic E-state index is 0.634. The molecule has 0 saturated heterocycles. The normalized spacial score (nSPS) is 12.5. The summed E-state index contributed by atoms with van der Waals surface area (Å²) in [5, 5.41) is 0. The molecule has 0 spiro atoms. The monoisotopic (exact) mass is 406 g/mol. The van der Waals surface area contributed by atoms with Crippen LogP contribution in [-0.2, 0) is 4.74 Å². The maximum atomic E-state index is 8.49. The van der Waals surface area contributed by atoms with Gasteiger partial charge in [0.15, 0.2) is 0 Å². The summed E-state index contributed by atoms with van der Waals surface area (Å²) in [6, 6.07) is 20.2. The number of allylic oxidation sites excluding steroid dienone is 3. The summed E-state index contributed by atoms with van der Waals surface area (Å²) in [7, 11) is -4.94. The van der Waals surface area contributed by atoms with E-state index in [1.165, 1.54) is 0 Å². The Morgan fingerprint density at radius 2 is 1.39 bits per heavy atom. The molecule has 2 aromatic carbocycles. The first kappa shape index (κ1) is 23.6. The first-order valence-electron chi connectivity index (χ1n) is 8.58. The first-order valence-corrected chi connectivity index (χ1v) is 9.82. The Kier molecular flexibility index (Phi) is 10.8. The number of benzene rings is 2. The Morgan fingerprint density at radius 1 is 0.893 bits per heavy atom. The number of hydrogen-bond donors (Lipinski definition) is 0. The van der Waals surface area contributed by atoms with E-state index in [1.807, 2.05) is 92.7 Å². The molecule has 0 saturated carbocycles. The second-order valence-corrected chi connectivity index (χ2v) is 5.99. The molecule has 0 N–H and O–H groups in total. The number of rotatable bonds is 7. The molecular formula is C21H23ClO6. The van der Waals surface area contributed by atoms with E-state index in [4.69, 9.17) is 27.8 Å². The molecule has 7 heteroatoms. The Hall–Kier alpha value is -2.48. The lowest BCUT2D eigenvalue weighted by atomic mass is 10.1. The molecule has 0 aromatic heterocycles. The number of ketones is 1. The summed E-state index contributed by atoms with van der Waals surface area (Å²) >= 11 is 0. The lowest BCUT2D eigenvalue weighted by molar-refractivity contribution is -2.00. The van der Waals surface area contributed by atoms with Gasteiger partial charge in [-0.1, -0.05) is 48.5 Å². The van der Waals surface area contributed by atoms with Crippen molar-refractivity contribution in [2.75, 3.05) is 13.2 Å². The van der Waals surface area contributed by atoms with Crippen molar-refractivity contribution in [2.45, 2.75) is 13.8 Å². The first-order chi connectivity index (χ1) is 13.3. The van der Waals surface area contributed by atoms with Gasteiger partial charge in [-0.05, 0) is 31.2 Å². The van der Waals surface area contributed by atoms with E-state index in [0.717, 1.165) is 22.7 Å². The van der Waals surface area contributed by atoms with Crippen LogP contribution in [0.5, 0.6) is 0 Å². The third kappa shape index (κ3) is 10.6. The Morgan fingerprint density at radius 3 is 1.86 bits per heavy atom. The maximum absolute atomic E-state index is 8.49. The van der Waals surface area contributed by atoms with Gasteiger partial charge in [0.1, 0.15) is 5.76 Å². The summed E-state index contributed by atoms with van der Waals surface area (Å²) in [4.78, 5) is 0. The van der Waals surface area contributed by atoms with Crippen molar-refractivity contribution in [2.24, 2.45) is 0 Å². The van der Waals surface area contributed by atoms with E-state index in [2.05, 4.69) is 0 Å². The predicted octanol–water partition coefficient (Wildman–Crippen LogP) is 0.303. The van der Waals surface area contributed by atoms with Gasteiger partial charge in [0.25, 0.3) is 6.61 Å². The van der Waals surface area contributed by atoms with Crippen molar-refractivity contribution in [3.63, 3.8) is 0 Å². The van der Waals surface area contributed by atoms with Crippen LogP contribution in [0, 0.1) is 10.2 Å². The third-order valence-corrected chi connectivity index (χ3v) is 3.21. The molecule has 0 heterocycles. The lowest BCUT2D eigenvalue weighted by Crippen LogP contribution is -2.68. The number of carbonyl (C=O) groups excluding carboxylic acids is 1. The number of ether oxygens (including phenoxy) is 1. The molecule has 6 nitrogen and oxygen atoms in total. The molecule has 28 heavy (non-hydrogen) atoms. The highest BCUT2D eigenvalue weighted by Crippen LogP contribution is 2.15. The minimum Gasteiger partial charge on any atom is -0.493 e. The molecule has 0 unspecified atom stereocenters. The van der Waals surface area contributed by atoms with Gasteiger partial charge in [-0.25, -0.2) is 18.6 Å². The van der Waals surface area contributed by atoms with E-state index < -0.39 is 10.2 Å². The maximum Gasteiger partial charge on any atom is 0.350 e. The number of halogens is 1. The van der Waals surface area contributed by atoms with Crippen LogP contribution in [0.2, 0.25) is 0 Å². The van der Waals surface area contributed by atoms with Gasteiger partial charge in [-0.2, -0.15) is 0 Å². The fraction of sp³-hybridized carbons (Fsp3) is 0.190. The molecular weight excluding hydrogens is 384 g/mol. The summed E-state index contributed by atoms with van der Waals surface area (Å²) in [5.74, 6) is 1.71. The van der Waals surface area contributed by atoms with Crippen LogP contribution >= 0.6 is 0 Å². The Bertz CT molecular complexity index is 758. The summed E-state index contributed by atoms with van der Waals surface area (Å²) in [6.45, 7) is 5.25. The second-order valence-electron chi connectivity index (χ2n) is 5.23. The molecule has 0 aliphatic heterocycles. The van der Waals surface area contributed by atoms with Crippen molar-refractivity contribution in [1.29, 1.82) is 0 Å². The molecule has 2 aromatic rings. The zero-order valence-corrected chi connectivity index (χ0v) is 16.5. The van der Waals surface area contributed by atoms with E-state index in [-0.39, 0.29) is 0 Å². The van der Waals surface area contributed by atoms with Gasteiger partial charge < -0.3 is 4.74 Å². The van der Waals surface area contributed by atoms with Gasteiger partial charge in [0.2, 0.25) is 0 Å². The van der Waals surface area contributed by atoms with Crippen molar-refractivity contribution >= 4 is 11.5 Å².